The number of carbonyl (C=O) groups excluding carboxylic acids is 1. The molecule has 2 N–H and O–H groups in total. The minimum absolute atomic E-state index is 0.115. The van der Waals surface area contributed by atoms with E-state index in [-0.39, 0.29) is 18.3 Å². The minimum atomic E-state index is -0.329. The Morgan fingerprint density at radius 1 is 1.04 bits per heavy atom. The molecule has 0 aromatic heterocycles. The van der Waals surface area contributed by atoms with Crippen LogP contribution in [0.1, 0.15) is 5.56 Å². The van der Waals surface area contributed by atoms with Gasteiger partial charge in [0.1, 0.15) is 5.82 Å². The molecule has 0 aliphatic carbocycles. The minimum Gasteiger partial charge on any atom is -0.376 e. The van der Waals surface area contributed by atoms with E-state index in [2.05, 4.69) is 10.6 Å². The molecule has 0 spiro atoms. The maximum absolute atomic E-state index is 13.5. The van der Waals surface area contributed by atoms with Gasteiger partial charge in [0.2, 0.25) is 5.91 Å². The van der Waals surface area contributed by atoms with Crippen molar-refractivity contribution >= 4 is 28.1 Å². The first-order chi connectivity index (χ1) is 11.1. The van der Waals surface area contributed by atoms with Gasteiger partial charge in [0, 0.05) is 16.8 Å². The maximum Gasteiger partial charge on any atom is 0.243 e. The molecule has 3 nitrogen and oxygen atoms in total. The van der Waals surface area contributed by atoms with E-state index in [4.69, 9.17) is 0 Å². The lowest BCUT2D eigenvalue weighted by Crippen LogP contribution is -2.21. The third kappa shape index (κ3) is 3.48. The van der Waals surface area contributed by atoms with Crippen molar-refractivity contribution in [1.82, 2.24) is 0 Å². The van der Waals surface area contributed by atoms with E-state index in [1.807, 2.05) is 42.5 Å². The van der Waals surface area contributed by atoms with E-state index < -0.39 is 0 Å². The van der Waals surface area contributed by atoms with Crippen LogP contribution in [0.5, 0.6) is 0 Å². The van der Waals surface area contributed by atoms with Gasteiger partial charge in [-0.1, -0.05) is 42.5 Å². The van der Waals surface area contributed by atoms with E-state index >= 15 is 0 Å². The number of fused-ring (bicyclic) bond motifs is 1. The summed E-state index contributed by atoms with van der Waals surface area (Å²) in [6.45, 7) is 1.80. The lowest BCUT2D eigenvalue weighted by atomic mass is 10.1. The second kappa shape index (κ2) is 6.48. The Hall–Kier alpha value is -2.88. The average Bonchev–Trinajstić information content (AvgIpc) is 2.56. The molecular weight excluding hydrogens is 291 g/mol. The maximum atomic E-state index is 13.5. The van der Waals surface area contributed by atoms with Gasteiger partial charge in [-0.05, 0) is 36.1 Å². The first kappa shape index (κ1) is 15.0. The SMILES string of the molecule is Cc1ccc(NC(=O)CNc2cccc3ccccc23)cc1F. The highest BCUT2D eigenvalue weighted by molar-refractivity contribution is 5.97. The third-order valence-corrected chi connectivity index (χ3v) is 3.68. The lowest BCUT2D eigenvalue weighted by molar-refractivity contribution is -0.114. The molecule has 3 rings (SSSR count). The van der Waals surface area contributed by atoms with Crippen LogP contribution in [0.25, 0.3) is 10.8 Å². The molecule has 3 aromatic rings. The van der Waals surface area contributed by atoms with Crippen LogP contribution in [0.3, 0.4) is 0 Å². The topological polar surface area (TPSA) is 41.1 Å². The van der Waals surface area contributed by atoms with E-state index in [1.165, 1.54) is 6.07 Å². The molecule has 0 aliphatic heterocycles. The predicted octanol–water partition coefficient (Wildman–Crippen LogP) is 4.34. The number of nitrogens with one attached hydrogen (secondary N) is 2. The van der Waals surface area contributed by atoms with Gasteiger partial charge in [-0.25, -0.2) is 4.39 Å². The highest BCUT2D eigenvalue weighted by Crippen LogP contribution is 2.22. The third-order valence-electron chi connectivity index (χ3n) is 3.68. The van der Waals surface area contributed by atoms with Gasteiger partial charge in [0.05, 0.1) is 6.54 Å². The number of carbonyl (C=O) groups is 1. The molecule has 0 bridgehead atoms. The van der Waals surface area contributed by atoms with E-state index in [0.29, 0.717) is 11.3 Å². The zero-order valence-corrected chi connectivity index (χ0v) is 12.8. The summed E-state index contributed by atoms with van der Waals surface area (Å²) in [5.74, 6) is -0.550. The summed E-state index contributed by atoms with van der Waals surface area (Å²) in [6.07, 6.45) is 0. The summed E-state index contributed by atoms with van der Waals surface area (Å²) < 4.78 is 13.5. The van der Waals surface area contributed by atoms with Gasteiger partial charge < -0.3 is 10.6 Å². The second-order valence-corrected chi connectivity index (χ2v) is 5.39. The Balaban J connectivity index is 1.67. The zero-order chi connectivity index (χ0) is 16.2. The average molecular weight is 308 g/mol. The molecule has 0 aliphatic rings. The van der Waals surface area contributed by atoms with Crippen LogP contribution in [-0.4, -0.2) is 12.5 Å². The first-order valence-electron chi connectivity index (χ1n) is 7.41. The molecule has 0 radical (unpaired) electrons. The van der Waals surface area contributed by atoms with Crippen molar-refractivity contribution in [2.45, 2.75) is 6.92 Å². The van der Waals surface area contributed by atoms with Crippen molar-refractivity contribution in [1.29, 1.82) is 0 Å². The molecule has 4 heteroatoms. The molecule has 0 unspecified atom stereocenters. The van der Waals surface area contributed by atoms with Gasteiger partial charge in [-0.15, -0.1) is 0 Å². The Morgan fingerprint density at radius 2 is 1.83 bits per heavy atom. The summed E-state index contributed by atoms with van der Waals surface area (Å²) in [4.78, 5) is 12.0. The van der Waals surface area contributed by atoms with Gasteiger partial charge in [0.25, 0.3) is 0 Å². The van der Waals surface area contributed by atoms with Crippen LogP contribution in [0, 0.1) is 12.7 Å². The van der Waals surface area contributed by atoms with Crippen LogP contribution >= 0.6 is 0 Å². The quantitative estimate of drug-likeness (QED) is 0.753. The summed E-state index contributed by atoms with van der Waals surface area (Å²) in [5.41, 5.74) is 1.91. The van der Waals surface area contributed by atoms with Crippen LogP contribution in [0.15, 0.2) is 60.7 Å². The Labute approximate surface area is 134 Å². The number of hydrogen-bond donors (Lipinski definition) is 2. The van der Waals surface area contributed by atoms with E-state index in [1.54, 1.807) is 19.1 Å². The highest BCUT2D eigenvalue weighted by atomic mass is 19.1. The molecule has 0 heterocycles. The smallest absolute Gasteiger partial charge is 0.243 e. The molecule has 3 aromatic carbocycles. The van der Waals surface area contributed by atoms with Crippen molar-refractivity contribution < 1.29 is 9.18 Å². The molecule has 0 fully saturated rings. The number of halogens is 1. The number of anilines is 2. The van der Waals surface area contributed by atoms with Gasteiger partial charge in [-0.3, -0.25) is 4.79 Å². The highest BCUT2D eigenvalue weighted by Gasteiger charge is 2.06. The first-order valence-corrected chi connectivity index (χ1v) is 7.41. The monoisotopic (exact) mass is 308 g/mol. The van der Waals surface area contributed by atoms with E-state index in [9.17, 15) is 9.18 Å². The summed E-state index contributed by atoms with van der Waals surface area (Å²) in [5, 5.41) is 7.98. The fraction of sp³-hybridized carbons (Fsp3) is 0.105. The Morgan fingerprint density at radius 3 is 2.65 bits per heavy atom. The van der Waals surface area contributed by atoms with Gasteiger partial charge >= 0.3 is 0 Å². The van der Waals surface area contributed by atoms with Crippen LogP contribution < -0.4 is 10.6 Å². The lowest BCUT2D eigenvalue weighted by Gasteiger charge is -2.10. The second-order valence-electron chi connectivity index (χ2n) is 5.39. The number of aryl methyl sites for hydroxylation is 1. The van der Waals surface area contributed by atoms with Crippen LogP contribution in [-0.2, 0) is 4.79 Å². The number of benzene rings is 3. The van der Waals surface area contributed by atoms with Crippen molar-refractivity contribution in [3.8, 4) is 0 Å². The molecule has 116 valence electrons. The molecule has 0 saturated carbocycles. The Kier molecular flexibility index (Phi) is 4.24. The van der Waals surface area contributed by atoms with Crippen LogP contribution in [0.2, 0.25) is 0 Å². The van der Waals surface area contributed by atoms with Crippen molar-refractivity contribution in [2.24, 2.45) is 0 Å². The van der Waals surface area contributed by atoms with Gasteiger partial charge in [-0.2, -0.15) is 0 Å². The molecule has 0 atom stereocenters. The Bertz CT molecular complexity index is 856. The summed E-state index contributed by atoms with van der Waals surface area (Å²) >= 11 is 0. The number of hydrogen-bond acceptors (Lipinski definition) is 2. The zero-order valence-electron chi connectivity index (χ0n) is 12.8. The van der Waals surface area contributed by atoms with E-state index in [0.717, 1.165) is 16.5 Å². The summed E-state index contributed by atoms with van der Waals surface area (Å²) in [7, 11) is 0. The molecule has 1 amide bonds. The largest absolute Gasteiger partial charge is 0.376 e. The predicted molar refractivity (Wildman–Crippen MR) is 92.2 cm³/mol. The number of rotatable bonds is 4. The normalized spacial score (nSPS) is 10.5. The standard InChI is InChI=1S/C19H17FN2O/c1-13-9-10-15(11-17(13)20)22-19(23)12-21-18-8-4-6-14-5-2-3-7-16(14)18/h2-11,21H,12H2,1H3,(H,22,23). The van der Waals surface area contributed by atoms with Crippen molar-refractivity contribution in [3.63, 3.8) is 0 Å². The molecular formula is C19H17FN2O. The number of amides is 1. The fourth-order valence-electron chi connectivity index (χ4n) is 2.43. The van der Waals surface area contributed by atoms with Crippen molar-refractivity contribution in [3.05, 3.63) is 72.0 Å². The van der Waals surface area contributed by atoms with Crippen LogP contribution in [0.4, 0.5) is 15.8 Å². The fourth-order valence-corrected chi connectivity index (χ4v) is 2.43. The van der Waals surface area contributed by atoms with Gasteiger partial charge in [0.15, 0.2) is 0 Å². The molecule has 23 heavy (non-hydrogen) atoms. The summed E-state index contributed by atoms with van der Waals surface area (Å²) in [6, 6.07) is 18.5. The molecule has 0 saturated heterocycles. The van der Waals surface area contributed by atoms with Crippen molar-refractivity contribution in [2.75, 3.05) is 17.2 Å².